The number of fused-ring (bicyclic) bond motifs is 1. The Bertz CT molecular complexity index is 921. The molecular formula is C22H26N2O3S. The molecule has 6 heteroatoms. The van der Waals surface area contributed by atoms with Crippen LogP contribution < -0.4 is 9.47 Å². The van der Waals surface area contributed by atoms with Crippen molar-refractivity contribution in [3.63, 3.8) is 0 Å². The van der Waals surface area contributed by atoms with Gasteiger partial charge in [-0.25, -0.2) is 4.98 Å². The Morgan fingerprint density at radius 3 is 2.64 bits per heavy atom. The summed E-state index contributed by atoms with van der Waals surface area (Å²) in [6.07, 6.45) is 0.911. The second-order valence-electron chi connectivity index (χ2n) is 6.55. The van der Waals surface area contributed by atoms with E-state index in [1.54, 1.807) is 35.4 Å². The number of amides is 1. The molecule has 0 aliphatic rings. The van der Waals surface area contributed by atoms with E-state index in [0.717, 1.165) is 21.6 Å². The maximum Gasteiger partial charge on any atom is 0.254 e. The van der Waals surface area contributed by atoms with Gasteiger partial charge in [0, 0.05) is 12.6 Å². The Morgan fingerprint density at radius 1 is 1.14 bits per heavy atom. The van der Waals surface area contributed by atoms with Gasteiger partial charge in [-0.3, -0.25) is 4.79 Å². The van der Waals surface area contributed by atoms with Gasteiger partial charge in [-0.1, -0.05) is 19.1 Å². The van der Waals surface area contributed by atoms with Crippen LogP contribution in [-0.4, -0.2) is 36.1 Å². The van der Waals surface area contributed by atoms with Gasteiger partial charge in [-0.05, 0) is 50.6 Å². The van der Waals surface area contributed by atoms with Crippen molar-refractivity contribution in [1.82, 2.24) is 9.88 Å². The maximum atomic E-state index is 13.1. The van der Waals surface area contributed by atoms with Crippen LogP contribution in [0.3, 0.4) is 0 Å². The third kappa shape index (κ3) is 4.28. The first-order valence-corrected chi connectivity index (χ1v) is 10.4. The van der Waals surface area contributed by atoms with E-state index >= 15 is 0 Å². The van der Waals surface area contributed by atoms with Gasteiger partial charge in [-0.2, -0.15) is 0 Å². The number of ether oxygens (including phenoxy) is 2. The molecule has 28 heavy (non-hydrogen) atoms. The minimum absolute atomic E-state index is 0.0743. The van der Waals surface area contributed by atoms with Crippen molar-refractivity contribution in [3.05, 3.63) is 53.0 Å². The number of aromatic nitrogens is 1. The summed E-state index contributed by atoms with van der Waals surface area (Å²) < 4.78 is 12.5. The van der Waals surface area contributed by atoms with E-state index in [0.29, 0.717) is 30.3 Å². The number of para-hydroxylation sites is 1. The summed E-state index contributed by atoms with van der Waals surface area (Å²) >= 11 is 1.62. The Kier molecular flexibility index (Phi) is 6.52. The third-order valence-corrected chi connectivity index (χ3v) is 5.73. The smallest absolute Gasteiger partial charge is 0.254 e. The monoisotopic (exact) mass is 398 g/mol. The normalized spacial score (nSPS) is 12.0. The summed E-state index contributed by atoms with van der Waals surface area (Å²) in [5.74, 6) is 1.19. The average molecular weight is 399 g/mol. The molecule has 3 rings (SSSR count). The summed E-state index contributed by atoms with van der Waals surface area (Å²) in [6, 6.07) is 13.3. The molecule has 0 saturated heterocycles. The van der Waals surface area contributed by atoms with E-state index in [2.05, 4.69) is 18.0 Å². The number of carbonyl (C=O) groups excluding carboxylic acids is 1. The average Bonchev–Trinajstić information content (AvgIpc) is 3.15. The quantitative estimate of drug-likeness (QED) is 0.515. The van der Waals surface area contributed by atoms with E-state index < -0.39 is 0 Å². The molecule has 1 amide bonds. The molecule has 0 aliphatic carbocycles. The Balaban J connectivity index is 1.82. The standard InChI is InChI=1S/C22H26N2O3S/c1-5-13-27-18-12-11-16(14-19(18)26-6-2)22(25)24(4)15(3)21-23-17-9-7-8-10-20(17)28-21/h7-12,14-15H,5-6,13H2,1-4H3/t15-/m0/s1. The maximum absolute atomic E-state index is 13.1. The Hall–Kier alpha value is -2.60. The fourth-order valence-electron chi connectivity index (χ4n) is 2.85. The van der Waals surface area contributed by atoms with Gasteiger partial charge in [0.15, 0.2) is 11.5 Å². The van der Waals surface area contributed by atoms with Gasteiger partial charge < -0.3 is 14.4 Å². The van der Waals surface area contributed by atoms with E-state index in [4.69, 9.17) is 9.47 Å². The number of hydrogen-bond acceptors (Lipinski definition) is 5. The highest BCUT2D eigenvalue weighted by Crippen LogP contribution is 2.32. The highest BCUT2D eigenvalue weighted by molar-refractivity contribution is 7.18. The number of nitrogens with zero attached hydrogens (tertiary/aromatic N) is 2. The number of carbonyl (C=O) groups is 1. The molecule has 5 nitrogen and oxygen atoms in total. The van der Waals surface area contributed by atoms with Crippen molar-refractivity contribution < 1.29 is 14.3 Å². The van der Waals surface area contributed by atoms with E-state index in [1.165, 1.54) is 0 Å². The predicted octanol–water partition coefficient (Wildman–Crippen LogP) is 5.32. The van der Waals surface area contributed by atoms with Crippen LogP contribution in [0, 0.1) is 0 Å². The fraction of sp³-hybridized carbons (Fsp3) is 0.364. The molecule has 1 aromatic heterocycles. The molecular weight excluding hydrogens is 372 g/mol. The molecule has 0 bridgehead atoms. The lowest BCUT2D eigenvalue weighted by Crippen LogP contribution is -2.29. The largest absolute Gasteiger partial charge is 0.490 e. The second kappa shape index (κ2) is 9.06. The number of hydrogen-bond donors (Lipinski definition) is 0. The van der Waals surface area contributed by atoms with Gasteiger partial charge in [0.1, 0.15) is 5.01 Å². The summed E-state index contributed by atoms with van der Waals surface area (Å²) in [5.41, 5.74) is 1.54. The first-order valence-electron chi connectivity index (χ1n) is 9.57. The minimum atomic E-state index is -0.128. The van der Waals surface area contributed by atoms with Crippen LogP contribution in [0.15, 0.2) is 42.5 Å². The van der Waals surface area contributed by atoms with Crippen molar-refractivity contribution in [2.24, 2.45) is 0 Å². The van der Waals surface area contributed by atoms with Crippen LogP contribution in [-0.2, 0) is 0 Å². The highest BCUT2D eigenvalue weighted by atomic mass is 32.1. The van der Waals surface area contributed by atoms with Crippen molar-refractivity contribution >= 4 is 27.5 Å². The van der Waals surface area contributed by atoms with E-state index in [-0.39, 0.29) is 11.9 Å². The molecule has 1 heterocycles. The van der Waals surface area contributed by atoms with E-state index in [9.17, 15) is 4.79 Å². The molecule has 2 aromatic carbocycles. The summed E-state index contributed by atoms with van der Waals surface area (Å²) in [4.78, 5) is 19.5. The van der Waals surface area contributed by atoms with Crippen molar-refractivity contribution in [3.8, 4) is 11.5 Å². The van der Waals surface area contributed by atoms with Crippen molar-refractivity contribution in [2.75, 3.05) is 20.3 Å². The lowest BCUT2D eigenvalue weighted by atomic mass is 10.1. The number of thiazole rings is 1. The molecule has 0 radical (unpaired) electrons. The van der Waals surface area contributed by atoms with Gasteiger partial charge >= 0.3 is 0 Å². The van der Waals surface area contributed by atoms with Crippen LogP contribution >= 0.6 is 11.3 Å². The van der Waals surface area contributed by atoms with Crippen LogP contribution in [0.4, 0.5) is 0 Å². The molecule has 0 aliphatic heterocycles. The molecule has 0 N–H and O–H groups in total. The number of benzene rings is 2. The molecule has 0 spiro atoms. The number of rotatable bonds is 8. The third-order valence-electron chi connectivity index (χ3n) is 4.52. The summed E-state index contributed by atoms with van der Waals surface area (Å²) in [5, 5.41) is 0.921. The first-order chi connectivity index (χ1) is 13.5. The van der Waals surface area contributed by atoms with E-state index in [1.807, 2.05) is 38.1 Å². The van der Waals surface area contributed by atoms with Gasteiger partial charge in [0.2, 0.25) is 0 Å². The zero-order valence-corrected chi connectivity index (χ0v) is 17.6. The van der Waals surface area contributed by atoms with Gasteiger partial charge in [-0.15, -0.1) is 11.3 Å². The zero-order chi connectivity index (χ0) is 20.1. The Labute approximate surface area is 169 Å². The van der Waals surface area contributed by atoms with Crippen LogP contribution in [0.1, 0.15) is 48.6 Å². The Morgan fingerprint density at radius 2 is 1.93 bits per heavy atom. The SMILES string of the molecule is CCCOc1ccc(C(=O)N(C)[C@@H](C)c2nc3ccccc3s2)cc1OCC. The molecule has 148 valence electrons. The molecule has 0 saturated carbocycles. The summed E-state index contributed by atoms with van der Waals surface area (Å²) in [6.45, 7) is 7.09. The first kappa shape index (κ1) is 20.1. The van der Waals surface area contributed by atoms with Crippen molar-refractivity contribution in [2.45, 2.75) is 33.2 Å². The minimum Gasteiger partial charge on any atom is -0.490 e. The molecule has 1 atom stereocenters. The lowest BCUT2D eigenvalue weighted by molar-refractivity contribution is 0.0742. The predicted molar refractivity (Wildman–Crippen MR) is 114 cm³/mol. The lowest BCUT2D eigenvalue weighted by Gasteiger charge is -2.24. The molecule has 0 unspecified atom stereocenters. The van der Waals surface area contributed by atoms with Crippen LogP contribution in [0.25, 0.3) is 10.2 Å². The summed E-state index contributed by atoms with van der Waals surface area (Å²) in [7, 11) is 1.81. The van der Waals surface area contributed by atoms with Crippen LogP contribution in [0.2, 0.25) is 0 Å². The molecule has 3 aromatic rings. The zero-order valence-electron chi connectivity index (χ0n) is 16.8. The topological polar surface area (TPSA) is 51.7 Å². The van der Waals surface area contributed by atoms with Gasteiger partial charge in [0.25, 0.3) is 5.91 Å². The second-order valence-corrected chi connectivity index (χ2v) is 7.62. The van der Waals surface area contributed by atoms with Crippen molar-refractivity contribution in [1.29, 1.82) is 0 Å². The fourth-order valence-corrected chi connectivity index (χ4v) is 3.92. The van der Waals surface area contributed by atoms with Crippen LogP contribution in [0.5, 0.6) is 11.5 Å². The van der Waals surface area contributed by atoms with Gasteiger partial charge in [0.05, 0.1) is 29.5 Å². The highest BCUT2D eigenvalue weighted by Gasteiger charge is 2.23. The molecule has 0 fully saturated rings.